The third kappa shape index (κ3) is 3.49. The Kier molecular flexibility index (Phi) is 5.09. The molecule has 0 fully saturated rings. The van der Waals surface area contributed by atoms with Crippen LogP contribution in [0, 0.1) is 5.82 Å². The zero-order valence-corrected chi connectivity index (χ0v) is 15.9. The van der Waals surface area contributed by atoms with Gasteiger partial charge in [-0.3, -0.25) is 9.59 Å². The van der Waals surface area contributed by atoms with Gasteiger partial charge < -0.3 is 4.42 Å². The minimum atomic E-state index is -0.347. The summed E-state index contributed by atoms with van der Waals surface area (Å²) in [7, 11) is 0. The predicted octanol–water partition coefficient (Wildman–Crippen LogP) is 6.48. The molecule has 0 unspecified atom stereocenters. The third-order valence-electron chi connectivity index (χ3n) is 5.03. The molecule has 4 rings (SSSR count). The van der Waals surface area contributed by atoms with Gasteiger partial charge in [-0.05, 0) is 65.6 Å². The van der Waals surface area contributed by atoms with E-state index in [4.69, 9.17) is 4.42 Å². The van der Waals surface area contributed by atoms with E-state index in [-0.39, 0.29) is 5.82 Å². The first-order chi connectivity index (χ1) is 14.1. The molecule has 1 heterocycles. The van der Waals surface area contributed by atoms with E-state index in [0.29, 0.717) is 33.4 Å². The van der Waals surface area contributed by atoms with Crippen LogP contribution in [-0.2, 0) is 6.42 Å². The highest BCUT2D eigenvalue weighted by Crippen LogP contribution is 2.37. The molecule has 0 radical (unpaired) electrons. The quantitative estimate of drug-likeness (QED) is 0.356. The lowest BCUT2D eigenvalue weighted by molar-refractivity contribution is 0.111. The van der Waals surface area contributed by atoms with E-state index in [1.54, 1.807) is 18.2 Å². The lowest BCUT2D eigenvalue weighted by Crippen LogP contribution is -1.92. The molecule has 0 amide bonds. The van der Waals surface area contributed by atoms with Gasteiger partial charge in [-0.1, -0.05) is 31.5 Å². The van der Waals surface area contributed by atoms with Crippen LogP contribution in [0.4, 0.5) is 4.39 Å². The maximum absolute atomic E-state index is 13.3. The van der Waals surface area contributed by atoms with Crippen LogP contribution in [0.3, 0.4) is 0 Å². The zero-order chi connectivity index (χ0) is 20.4. The van der Waals surface area contributed by atoms with Crippen molar-refractivity contribution in [2.75, 3.05) is 0 Å². The second kappa shape index (κ2) is 7.84. The van der Waals surface area contributed by atoms with Gasteiger partial charge in [0.15, 0.2) is 6.29 Å². The number of carbonyl (C=O) groups excluding carboxylic acids is 2. The summed E-state index contributed by atoms with van der Waals surface area (Å²) in [5.74, 6) is 0.0799. The van der Waals surface area contributed by atoms with Gasteiger partial charge >= 0.3 is 0 Å². The van der Waals surface area contributed by atoms with Crippen molar-refractivity contribution in [3.05, 3.63) is 83.2 Å². The van der Waals surface area contributed by atoms with E-state index in [9.17, 15) is 14.0 Å². The Morgan fingerprint density at radius 3 is 2.41 bits per heavy atom. The molecule has 0 aliphatic carbocycles. The van der Waals surface area contributed by atoms with Gasteiger partial charge in [0.25, 0.3) is 0 Å². The van der Waals surface area contributed by atoms with E-state index in [1.165, 1.54) is 12.1 Å². The summed E-state index contributed by atoms with van der Waals surface area (Å²) in [6.07, 6.45) is 3.37. The number of fused-ring (bicyclic) bond motifs is 1. The van der Waals surface area contributed by atoms with E-state index in [0.717, 1.165) is 42.1 Å². The average molecular weight is 386 g/mol. The molecule has 0 spiro atoms. The summed E-state index contributed by atoms with van der Waals surface area (Å²) in [5, 5.41) is 0.700. The third-order valence-corrected chi connectivity index (χ3v) is 5.03. The van der Waals surface area contributed by atoms with E-state index in [1.807, 2.05) is 30.3 Å². The number of halogens is 1. The maximum Gasteiger partial charge on any atom is 0.154 e. The maximum atomic E-state index is 13.3. The van der Waals surface area contributed by atoms with Gasteiger partial charge in [-0.15, -0.1) is 0 Å². The molecule has 3 nitrogen and oxygen atoms in total. The highest BCUT2D eigenvalue weighted by molar-refractivity contribution is 6.04. The lowest BCUT2D eigenvalue weighted by atomic mass is 9.93. The van der Waals surface area contributed by atoms with E-state index in [2.05, 4.69) is 6.92 Å². The van der Waals surface area contributed by atoms with Gasteiger partial charge in [-0.25, -0.2) is 4.39 Å². The van der Waals surface area contributed by atoms with Crippen molar-refractivity contribution in [3.8, 4) is 22.5 Å². The Labute approximate surface area is 167 Å². The summed E-state index contributed by atoms with van der Waals surface area (Å²) in [4.78, 5) is 23.1. The molecule has 0 saturated heterocycles. The van der Waals surface area contributed by atoms with Crippen LogP contribution in [0.25, 0.3) is 33.4 Å². The van der Waals surface area contributed by atoms with Gasteiger partial charge in [0.1, 0.15) is 23.4 Å². The normalized spacial score (nSPS) is 11.0. The Hall–Kier alpha value is -3.53. The smallest absolute Gasteiger partial charge is 0.154 e. The number of hydrogen-bond acceptors (Lipinski definition) is 3. The van der Waals surface area contributed by atoms with Crippen LogP contribution in [0.15, 0.2) is 65.1 Å². The van der Waals surface area contributed by atoms with Crippen LogP contribution in [0.5, 0.6) is 0 Å². The van der Waals surface area contributed by atoms with Gasteiger partial charge in [0, 0.05) is 16.5 Å². The molecule has 4 aromatic rings. The van der Waals surface area contributed by atoms with Crippen molar-refractivity contribution in [1.29, 1.82) is 0 Å². The summed E-state index contributed by atoms with van der Waals surface area (Å²) < 4.78 is 19.3. The molecule has 4 heteroatoms. The molecule has 0 aliphatic heterocycles. The number of benzene rings is 3. The van der Waals surface area contributed by atoms with Crippen molar-refractivity contribution in [2.45, 2.75) is 19.8 Å². The minimum Gasteiger partial charge on any atom is -0.455 e. The summed E-state index contributed by atoms with van der Waals surface area (Å²) in [6.45, 7) is 2.10. The molecular formula is C25H19FO3. The highest BCUT2D eigenvalue weighted by atomic mass is 19.1. The number of aryl methyl sites for hydroxylation is 1. The Bertz CT molecular complexity index is 1200. The summed E-state index contributed by atoms with van der Waals surface area (Å²) in [5.41, 5.74) is 5.26. The predicted molar refractivity (Wildman–Crippen MR) is 112 cm³/mol. The second-order valence-corrected chi connectivity index (χ2v) is 6.97. The lowest BCUT2D eigenvalue weighted by Gasteiger charge is -2.10. The Morgan fingerprint density at radius 1 is 0.931 bits per heavy atom. The molecule has 0 saturated carbocycles. The first kappa shape index (κ1) is 18.8. The fourth-order valence-electron chi connectivity index (χ4n) is 3.66. The molecular weight excluding hydrogens is 367 g/mol. The van der Waals surface area contributed by atoms with E-state index < -0.39 is 0 Å². The first-order valence-corrected chi connectivity index (χ1v) is 9.50. The summed E-state index contributed by atoms with van der Waals surface area (Å²) in [6, 6.07) is 17.2. The van der Waals surface area contributed by atoms with Crippen LogP contribution < -0.4 is 0 Å². The molecule has 0 atom stereocenters. The van der Waals surface area contributed by atoms with Crippen LogP contribution in [0.2, 0.25) is 0 Å². The SMILES string of the molecule is CCCc1cc2oc(-c3ccc(F)cc3)c(C=O)c2cc1-c1cccc(C=O)c1. The molecule has 29 heavy (non-hydrogen) atoms. The van der Waals surface area contributed by atoms with Crippen LogP contribution in [-0.4, -0.2) is 12.6 Å². The number of furan rings is 1. The van der Waals surface area contributed by atoms with Crippen molar-refractivity contribution in [3.63, 3.8) is 0 Å². The highest BCUT2D eigenvalue weighted by Gasteiger charge is 2.18. The monoisotopic (exact) mass is 386 g/mol. The van der Waals surface area contributed by atoms with Gasteiger partial charge in [0.2, 0.25) is 0 Å². The number of carbonyl (C=O) groups is 2. The van der Waals surface area contributed by atoms with Crippen molar-refractivity contribution in [1.82, 2.24) is 0 Å². The number of aldehydes is 2. The zero-order valence-electron chi connectivity index (χ0n) is 15.9. The molecule has 0 bridgehead atoms. The minimum absolute atomic E-state index is 0.347. The summed E-state index contributed by atoms with van der Waals surface area (Å²) >= 11 is 0. The van der Waals surface area contributed by atoms with E-state index >= 15 is 0 Å². The molecule has 1 aromatic heterocycles. The van der Waals surface area contributed by atoms with Crippen molar-refractivity contribution in [2.24, 2.45) is 0 Å². The Balaban J connectivity index is 1.97. The van der Waals surface area contributed by atoms with Crippen LogP contribution in [0.1, 0.15) is 39.6 Å². The second-order valence-electron chi connectivity index (χ2n) is 6.97. The van der Waals surface area contributed by atoms with Gasteiger partial charge in [0.05, 0.1) is 5.56 Å². The van der Waals surface area contributed by atoms with Crippen molar-refractivity contribution >= 4 is 23.5 Å². The molecule has 3 aromatic carbocycles. The van der Waals surface area contributed by atoms with Gasteiger partial charge in [-0.2, -0.15) is 0 Å². The molecule has 144 valence electrons. The average Bonchev–Trinajstić information content (AvgIpc) is 3.11. The molecule has 0 aliphatic rings. The largest absolute Gasteiger partial charge is 0.455 e. The fraction of sp³-hybridized carbons (Fsp3) is 0.120. The topological polar surface area (TPSA) is 47.3 Å². The Morgan fingerprint density at radius 2 is 1.72 bits per heavy atom. The van der Waals surface area contributed by atoms with Crippen molar-refractivity contribution < 1.29 is 18.4 Å². The first-order valence-electron chi connectivity index (χ1n) is 9.50. The standard InChI is InChI=1S/C25H19FO3/c1-2-4-18-12-24-22(13-21(18)19-6-3-5-16(11-19)14-27)23(15-28)25(29-24)17-7-9-20(26)10-8-17/h3,5-15H,2,4H2,1H3. The number of hydrogen-bond donors (Lipinski definition) is 0. The van der Waals surface area contributed by atoms with Crippen LogP contribution >= 0.6 is 0 Å². The fourth-order valence-corrected chi connectivity index (χ4v) is 3.66. The molecule has 0 N–H and O–H groups in total. The number of rotatable bonds is 6.